The molecule has 134 valence electrons. The quantitative estimate of drug-likeness (QED) is 0.761. The standard InChI is InChI=1S/C22H29NO2/c24-21(23-8-6-20(7-9-23)19-4-2-1-3-5-19)25-22-13-16-10-17(14-22)12-18(11-16)15-22/h1-5,16-18,20H,6-15H2. The molecule has 3 heteroatoms. The molecule has 0 atom stereocenters. The van der Waals surface area contributed by atoms with Gasteiger partial charge in [-0.05, 0) is 80.6 Å². The summed E-state index contributed by atoms with van der Waals surface area (Å²) < 4.78 is 6.22. The highest BCUT2D eigenvalue weighted by Crippen LogP contribution is 2.57. The molecule has 4 aliphatic carbocycles. The summed E-state index contributed by atoms with van der Waals surface area (Å²) >= 11 is 0. The average Bonchev–Trinajstić information content (AvgIpc) is 2.61. The van der Waals surface area contributed by atoms with Gasteiger partial charge in [0.1, 0.15) is 5.60 Å². The van der Waals surface area contributed by atoms with Crippen molar-refractivity contribution in [3.05, 3.63) is 35.9 Å². The zero-order valence-corrected chi connectivity index (χ0v) is 15.0. The van der Waals surface area contributed by atoms with Gasteiger partial charge in [0.15, 0.2) is 0 Å². The SMILES string of the molecule is O=C(OC12CC3CC(CC(C3)C1)C2)N1CCC(c2ccccc2)CC1. The predicted molar refractivity (Wildman–Crippen MR) is 97.4 cm³/mol. The Morgan fingerprint density at radius 1 is 0.920 bits per heavy atom. The van der Waals surface area contributed by atoms with E-state index in [-0.39, 0.29) is 11.7 Å². The fourth-order valence-corrected chi connectivity index (χ4v) is 6.53. The van der Waals surface area contributed by atoms with Crippen LogP contribution in [0.15, 0.2) is 30.3 Å². The normalized spacial score (nSPS) is 37.3. The van der Waals surface area contributed by atoms with Crippen molar-refractivity contribution >= 4 is 6.09 Å². The lowest BCUT2D eigenvalue weighted by molar-refractivity contribution is -0.134. The minimum absolute atomic E-state index is 0.0338. The minimum Gasteiger partial charge on any atom is -0.443 e. The molecule has 3 nitrogen and oxygen atoms in total. The van der Waals surface area contributed by atoms with Gasteiger partial charge >= 0.3 is 6.09 Å². The highest BCUT2D eigenvalue weighted by Gasteiger charge is 2.53. The first-order valence-electron chi connectivity index (χ1n) is 10.2. The van der Waals surface area contributed by atoms with Crippen LogP contribution in [0, 0.1) is 17.8 Å². The van der Waals surface area contributed by atoms with Crippen LogP contribution in [0.3, 0.4) is 0 Å². The fourth-order valence-electron chi connectivity index (χ4n) is 6.53. The van der Waals surface area contributed by atoms with Crippen molar-refractivity contribution in [1.29, 1.82) is 0 Å². The molecule has 25 heavy (non-hydrogen) atoms. The number of nitrogens with zero attached hydrogens (tertiary/aromatic N) is 1. The lowest BCUT2D eigenvalue weighted by Gasteiger charge is -2.56. The molecule has 0 unspecified atom stereocenters. The molecule has 5 aliphatic rings. The van der Waals surface area contributed by atoms with Crippen LogP contribution in [-0.4, -0.2) is 29.7 Å². The first-order valence-corrected chi connectivity index (χ1v) is 10.2. The molecule has 6 rings (SSSR count). The van der Waals surface area contributed by atoms with Gasteiger partial charge in [-0.2, -0.15) is 0 Å². The van der Waals surface area contributed by atoms with Crippen LogP contribution in [0.25, 0.3) is 0 Å². The number of piperidine rings is 1. The Morgan fingerprint density at radius 3 is 2.04 bits per heavy atom. The number of likely N-dealkylation sites (tertiary alicyclic amines) is 1. The monoisotopic (exact) mass is 339 g/mol. The predicted octanol–water partition coefficient (Wildman–Crippen LogP) is 4.97. The van der Waals surface area contributed by atoms with Crippen LogP contribution < -0.4 is 0 Å². The third kappa shape index (κ3) is 2.96. The first kappa shape index (κ1) is 15.7. The molecule has 4 bridgehead atoms. The van der Waals surface area contributed by atoms with Gasteiger partial charge < -0.3 is 9.64 Å². The van der Waals surface area contributed by atoms with Crippen LogP contribution in [0.5, 0.6) is 0 Å². The van der Waals surface area contributed by atoms with Crippen LogP contribution in [0.4, 0.5) is 4.79 Å². The number of benzene rings is 1. The smallest absolute Gasteiger partial charge is 0.410 e. The van der Waals surface area contributed by atoms with E-state index in [1.54, 1.807) is 0 Å². The number of carbonyl (C=O) groups excluding carboxylic acids is 1. The van der Waals surface area contributed by atoms with Crippen LogP contribution >= 0.6 is 0 Å². The number of carbonyl (C=O) groups is 1. The second kappa shape index (κ2) is 6.03. The third-order valence-electron chi connectivity index (χ3n) is 7.31. The summed E-state index contributed by atoms with van der Waals surface area (Å²) in [5.74, 6) is 3.05. The van der Waals surface area contributed by atoms with Crippen molar-refractivity contribution in [3.63, 3.8) is 0 Å². The van der Waals surface area contributed by atoms with E-state index >= 15 is 0 Å². The van der Waals surface area contributed by atoms with Crippen molar-refractivity contribution in [2.45, 2.75) is 62.9 Å². The second-order valence-electron chi connectivity index (χ2n) is 9.14. The summed E-state index contributed by atoms with van der Waals surface area (Å²) in [6, 6.07) is 10.7. The maximum absolute atomic E-state index is 12.8. The van der Waals surface area contributed by atoms with E-state index < -0.39 is 0 Å². The van der Waals surface area contributed by atoms with E-state index in [4.69, 9.17) is 4.74 Å². The summed E-state index contributed by atoms with van der Waals surface area (Å²) in [6.07, 6.45) is 9.63. The maximum atomic E-state index is 12.8. The summed E-state index contributed by atoms with van der Waals surface area (Å²) in [5.41, 5.74) is 1.30. The van der Waals surface area contributed by atoms with E-state index in [9.17, 15) is 4.79 Å². The zero-order chi connectivity index (χ0) is 16.9. The largest absolute Gasteiger partial charge is 0.443 e. The maximum Gasteiger partial charge on any atom is 0.410 e. The molecular formula is C22H29NO2. The van der Waals surface area contributed by atoms with Gasteiger partial charge in [0, 0.05) is 13.1 Å². The Morgan fingerprint density at radius 2 is 1.48 bits per heavy atom. The van der Waals surface area contributed by atoms with Gasteiger partial charge in [-0.1, -0.05) is 30.3 Å². The second-order valence-corrected chi connectivity index (χ2v) is 9.14. The Bertz CT molecular complexity index is 597. The van der Waals surface area contributed by atoms with Gasteiger partial charge in [0.05, 0.1) is 0 Å². The van der Waals surface area contributed by atoms with Gasteiger partial charge in [-0.15, -0.1) is 0 Å². The molecule has 0 spiro atoms. The van der Waals surface area contributed by atoms with Crippen molar-refractivity contribution < 1.29 is 9.53 Å². The molecule has 1 aliphatic heterocycles. The molecule has 0 N–H and O–H groups in total. The van der Waals surface area contributed by atoms with Crippen molar-refractivity contribution in [2.24, 2.45) is 17.8 Å². The van der Waals surface area contributed by atoms with Crippen molar-refractivity contribution in [1.82, 2.24) is 4.90 Å². The topological polar surface area (TPSA) is 29.5 Å². The lowest BCUT2D eigenvalue weighted by atomic mass is 9.54. The Hall–Kier alpha value is -1.51. The number of rotatable bonds is 2. The van der Waals surface area contributed by atoms with E-state index in [1.165, 1.54) is 24.8 Å². The molecule has 1 amide bonds. The van der Waals surface area contributed by atoms with Crippen molar-refractivity contribution in [2.75, 3.05) is 13.1 Å². The molecule has 1 aromatic rings. The van der Waals surface area contributed by atoms with Gasteiger partial charge in [-0.3, -0.25) is 0 Å². The van der Waals surface area contributed by atoms with E-state index in [0.717, 1.165) is 62.9 Å². The summed E-state index contributed by atoms with van der Waals surface area (Å²) in [6.45, 7) is 1.68. The summed E-state index contributed by atoms with van der Waals surface area (Å²) in [7, 11) is 0. The molecule has 1 aromatic carbocycles. The summed E-state index contributed by atoms with van der Waals surface area (Å²) in [4.78, 5) is 14.8. The van der Waals surface area contributed by atoms with Crippen LogP contribution in [-0.2, 0) is 4.74 Å². The Kier molecular flexibility index (Phi) is 3.79. The molecule has 1 saturated heterocycles. The lowest BCUT2D eigenvalue weighted by Crippen LogP contribution is -2.54. The van der Waals surface area contributed by atoms with Gasteiger partial charge in [0.2, 0.25) is 0 Å². The molecule has 1 heterocycles. The highest BCUT2D eigenvalue weighted by atomic mass is 16.6. The molecular weight excluding hydrogens is 310 g/mol. The Balaban J connectivity index is 1.20. The minimum atomic E-state index is -0.109. The molecule has 4 saturated carbocycles. The number of amides is 1. The molecule has 0 radical (unpaired) electrons. The van der Waals surface area contributed by atoms with Gasteiger partial charge in [-0.25, -0.2) is 4.79 Å². The van der Waals surface area contributed by atoms with E-state index in [2.05, 4.69) is 30.3 Å². The number of hydrogen-bond donors (Lipinski definition) is 0. The molecule has 0 aromatic heterocycles. The fraction of sp³-hybridized carbons (Fsp3) is 0.682. The molecule has 5 fully saturated rings. The van der Waals surface area contributed by atoms with Gasteiger partial charge in [0.25, 0.3) is 0 Å². The summed E-state index contributed by atoms with van der Waals surface area (Å²) in [5, 5.41) is 0. The third-order valence-corrected chi connectivity index (χ3v) is 7.31. The zero-order valence-electron chi connectivity index (χ0n) is 15.0. The average molecular weight is 339 g/mol. The number of hydrogen-bond acceptors (Lipinski definition) is 2. The van der Waals surface area contributed by atoms with Crippen molar-refractivity contribution in [3.8, 4) is 0 Å². The number of ether oxygens (including phenoxy) is 1. The highest BCUT2D eigenvalue weighted by molar-refractivity contribution is 5.68. The first-order chi connectivity index (χ1) is 12.2. The van der Waals surface area contributed by atoms with E-state index in [0.29, 0.717) is 5.92 Å². The van der Waals surface area contributed by atoms with Crippen LogP contribution in [0.1, 0.15) is 62.8 Å². The Labute approximate surface area is 150 Å². The van der Waals surface area contributed by atoms with E-state index in [1.807, 2.05) is 4.90 Å². The van der Waals surface area contributed by atoms with Crippen LogP contribution in [0.2, 0.25) is 0 Å².